The summed E-state index contributed by atoms with van der Waals surface area (Å²) in [5.41, 5.74) is 0.738. The van der Waals surface area contributed by atoms with E-state index in [1.807, 2.05) is 6.07 Å². The Morgan fingerprint density at radius 3 is 2.38 bits per heavy atom. The number of carbonyl (C=O) groups is 1. The van der Waals surface area contributed by atoms with Gasteiger partial charge in [0.15, 0.2) is 11.5 Å². The van der Waals surface area contributed by atoms with Crippen molar-refractivity contribution in [2.45, 2.75) is 19.4 Å². The van der Waals surface area contributed by atoms with E-state index in [1.165, 1.54) is 32.2 Å². The maximum atomic E-state index is 14.1. The van der Waals surface area contributed by atoms with Gasteiger partial charge in [-0.3, -0.25) is 9.10 Å². The Kier molecular flexibility index (Phi) is 7.44. The van der Waals surface area contributed by atoms with E-state index < -0.39 is 27.8 Å². The minimum absolute atomic E-state index is 0.169. The van der Waals surface area contributed by atoms with Gasteiger partial charge < -0.3 is 14.8 Å². The molecule has 0 heterocycles. The molecule has 2 aromatic rings. The number of sulfonamides is 1. The highest BCUT2D eigenvalue weighted by Crippen LogP contribution is 2.27. The first-order valence-electron chi connectivity index (χ1n) is 8.91. The van der Waals surface area contributed by atoms with Gasteiger partial charge in [0.25, 0.3) is 0 Å². The second kappa shape index (κ2) is 9.60. The van der Waals surface area contributed by atoms with Gasteiger partial charge in [-0.25, -0.2) is 12.8 Å². The van der Waals surface area contributed by atoms with Crippen molar-refractivity contribution in [1.29, 1.82) is 0 Å². The van der Waals surface area contributed by atoms with E-state index in [1.54, 1.807) is 19.2 Å². The van der Waals surface area contributed by atoms with Crippen LogP contribution in [0.4, 0.5) is 10.1 Å². The maximum Gasteiger partial charge on any atom is 0.243 e. The van der Waals surface area contributed by atoms with Crippen LogP contribution in [-0.4, -0.2) is 47.4 Å². The summed E-state index contributed by atoms with van der Waals surface area (Å²) in [7, 11) is -0.797. The van der Waals surface area contributed by atoms with Crippen LogP contribution in [0.5, 0.6) is 11.5 Å². The average molecular weight is 424 g/mol. The first kappa shape index (κ1) is 22.5. The number of hydrogen-bond acceptors (Lipinski definition) is 5. The lowest BCUT2D eigenvalue weighted by Crippen LogP contribution is -2.48. The second-order valence-electron chi connectivity index (χ2n) is 6.42. The molecule has 1 amide bonds. The van der Waals surface area contributed by atoms with Crippen molar-refractivity contribution in [2.75, 3.05) is 31.3 Å². The molecule has 0 aliphatic rings. The third kappa shape index (κ3) is 5.60. The molecule has 0 bridgehead atoms. The van der Waals surface area contributed by atoms with E-state index in [2.05, 4.69) is 5.32 Å². The lowest BCUT2D eigenvalue weighted by molar-refractivity contribution is -0.121. The van der Waals surface area contributed by atoms with Crippen molar-refractivity contribution in [3.63, 3.8) is 0 Å². The van der Waals surface area contributed by atoms with Crippen molar-refractivity contribution >= 4 is 21.6 Å². The van der Waals surface area contributed by atoms with Crippen molar-refractivity contribution in [3.8, 4) is 11.5 Å². The zero-order valence-corrected chi connectivity index (χ0v) is 17.6. The molecule has 2 rings (SSSR count). The minimum Gasteiger partial charge on any atom is -0.493 e. The first-order valence-corrected chi connectivity index (χ1v) is 10.8. The normalized spacial score (nSPS) is 12.2. The SMILES string of the molecule is COc1ccc(CCNC(=O)[C@@H](C)N(c2ccccc2F)S(C)(=O)=O)cc1OC. The molecule has 0 saturated carbocycles. The van der Waals surface area contributed by atoms with Crippen LogP contribution in [0.2, 0.25) is 0 Å². The Bertz CT molecular complexity index is 965. The van der Waals surface area contributed by atoms with E-state index >= 15 is 0 Å². The number of hydrogen-bond donors (Lipinski definition) is 1. The Hall–Kier alpha value is -2.81. The van der Waals surface area contributed by atoms with Crippen LogP contribution < -0.4 is 19.1 Å². The van der Waals surface area contributed by atoms with Gasteiger partial charge in [-0.1, -0.05) is 18.2 Å². The summed E-state index contributed by atoms with van der Waals surface area (Å²) in [6, 6.07) is 9.73. The van der Waals surface area contributed by atoms with Crippen molar-refractivity contribution in [2.24, 2.45) is 0 Å². The van der Waals surface area contributed by atoms with E-state index in [0.29, 0.717) is 17.9 Å². The predicted octanol–water partition coefficient (Wildman–Crippen LogP) is 2.36. The first-order chi connectivity index (χ1) is 13.7. The number of para-hydroxylation sites is 1. The summed E-state index contributed by atoms with van der Waals surface area (Å²) in [4.78, 5) is 12.5. The Morgan fingerprint density at radius 1 is 1.14 bits per heavy atom. The Morgan fingerprint density at radius 2 is 1.79 bits per heavy atom. The largest absolute Gasteiger partial charge is 0.493 e. The molecule has 0 aromatic heterocycles. The highest BCUT2D eigenvalue weighted by molar-refractivity contribution is 7.92. The van der Waals surface area contributed by atoms with Crippen molar-refractivity contribution in [3.05, 3.63) is 53.8 Å². The number of carbonyl (C=O) groups excluding carboxylic acids is 1. The topological polar surface area (TPSA) is 84.9 Å². The Balaban J connectivity index is 2.08. The summed E-state index contributed by atoms with van der Waals surface area (Å²) in [6.07, 6.45) is 1.43. The molecule has 9 heteroatoms. The number of nitrogens with zero attached hydrogens (tertiary/aromatic N) is 1. The molecular formula is C20H25FN2O5S. The second-order valence-corrected chi connectivity index (χ2v) is 8.28. The van der Waals surface area contributed by atoms with Crippen LogP contribution in [-0.2, 0) is 21.2 Å². The van der Waals surface area contributed by atoms with Gasteiger partial charge in [-0.15, -0.1) is 0 Å². The lowest BCUT2D eigenvalue weighted by Gasteiger charge is -2.28. The Labute approximate surface area is 170 Å². The molecule has 1 atom stereocenters. The molecule has 0 radical (unpaired) electrons. The number of nitrogens with one attached hydrogen (secondary N) is 1. The number of benzene rings is 2. The highest BCUT2D eigenvalue weighted by atomic mass is 32.2. The van der Waals surface area contributed by atoms with E-state index in [-0.39, 0.29) is 12.2 Å². The number of ether oxygens (including phenoxy) is 2. The average Bonchev–Trinajstić information content (AvgIpc) is 2.68. The molecule has 158 valence electrons. The van der Waals surface area contributed by atoms with Crippen LogP contribution in [0.1, 0.15) is 12.5 Å². The van der Waals surface area contributed by atoms with Gasteiger partial charge >= 0.3 is 0 Å². The van der Waals surface area contributed by atoms with Crippen LogP contribution in [0.15, 0.2) is 42.5 Å². The minimum atomic E-state index is -3.88. The molecule has 29 heavy (non-hydrogen) atoms. The predicted molar refractivity (Wildman–Crippen MR) is 109 cm³/mol. The summed E-state index contributed by atoms with van der Waals surface area (Å²) < 4.78 is 49.8. The quantitative estimate of drug-likeness (QED) is 0.668. The number of methoxy groups -OCH3 is 2. The summed E-state index contributed by atoms with van der Waals surface area (Å²) in [5, 5.41) is 2.70. The molecule has 0 spiro atoms. The molecule has 0 aliphatic heterocycles. The van der Waals surface area contributed by atoms with Gasteiger partial charge in [-0.05, 0) is 43.2 Å². The fraction of sp³-hybridized carbons (Fsp3) is 0.350. The lowest BCUT2D eigenvalue weighted by atomic mass is 10.1. The maximum absolute atomic E-state index is 14.1. The number of anilines is 1. The zero-order chi connectivity index (χ0) is 21.6. The third-order valence-electron chi connectivity index (χ3n) is 4.34. The molecule has 0 saturated heterocycles. The highest BCUT2D eigenvalue weighted by Gasteiger charge is 2.30. The smallest absolute Gasteiger partial charge is 0.243 e. The number of halogens is 1. The zero-order valence-electron chi connectivity index (χ0n) is 16.8. The van der Waals surface area contributed by atoms with Crippen molar-refractivity contribution in [1.82, 2.24) is 5.32 Å². The number of amides is 1. The van der Waals surface area contributed by atoms with Gasteiger partial charge in [-0.2, -0.15) is 0 Å². The third-order valence-corrected chi connectivity index (χ3v) is 5.57. The standard InChI is InChI=1S/C20H25FN2O5S/c1-14(23(29(4,25)26)17-8-6-5-7-16(17)21)20(24)22-12-11-15-9-10-18(27-2)19(13-15)28-3/h5-10,13-14H,11-12H2,1-4H3,(H,22,24)/t14-/m1/s1. The van der Waals surface area contributed by atoms with Gasteiger partial charge in [0, 0.05) is 6.54 Å². The summed E-state index contributed by atoms with van der Waals surface area (Å²) >= 11 is 0. The number of rotatable bonds is 9. The molecule has 0 aliphatic carbocycles. The van der Waals surface area contributed by atoms with Gasteiger partial charge in [0.2, 0.25) is 15.9 Å². The van der Waals surface area contributed by atoms with Gasteiger partial charge in [0.05, 0.1) is 26.2 Å². The summed E-state index contributed by atoms with van der Waals surface area (Å²) in [6.45, 7) is 1.69. The monoisotopic (exact) mass is 424 g/mol. The van der Waals surface area contributed by atoms with Crippen molar-refractivity contribution < 1.29 is 27.1 Å². The van der Waals surface area contributed by atoms with Gasteiger partial charge in [0.1, 0.15) is 11.9 Å². The molecule has 0 unspecified atom stereocenters. The van der Waals surface area contributed by atoms with Crippen LogP contribution in [0.3, 0.4) is 0 Å². The molecule has 1 N–H and O–H groups in total. The molecule has 0 fully saturated rings. The molecule has 2 aromatic carbocycles. The van der Waals surface area contributed by atoms with Crippen LogP contribution in [0.25, 0.3) is 0 Å². The summed E-state index contributed by atoms with van der Waals surface area (Å²) in [5.74, 6) is -0.0721. The van der Waals surface area contributed by atoms with Crippen LogP contribution in [0, 0.1) is 5.82 Å². The fourth-order valence-corrected chi connectivity index (χ4v) is 4.10. The van der Waals surface area contributed by atoms with E-state index in [0.717, 1.165) is 22.2 Å². The fourth-order valence-electron chi connectivity index (χ4n) is 2.93. The molecule has 7 nitrogen and oxygen atoms in total. The van der Waals surface area contributed by atoms with E-state index in [4.69, 9.17) is 9.47 Å². The van der Waals surface area contributed by atoms with E-state index in [9.17, 15) is 17.6 Å². The molecular weight excluding hydrogens is 399 g/mol. The van der Waals surface area contributed by atoms with Crippen LogP contribution >= 0.6 is 0 Å².